The zero-order chi connectivity index (χ0) is 18.2. The minimum absolute atomic E-state index is 0.0172. The van der Waals surface area contributed by atoms with Crippen molar-refractivity contribution in [3.05, 3.63) is 59.7 Å². The lowest BCUT2D eigenvalue weighted by molar-refractivity contribution is -0.116. The monoisotopic (exact) mass is 339 g/mol. The van der Waals surface area contributed by atoms with E-state index < -0.39 is 0 Å². The van der Waals surface area contributed by atoms with Crippen molar-refractivity contribution in [2.75, 3.05) is 11.9 Å². The summed E-state index contributed by atoms with van der Waals surface area (Å²) < 4.78 is 5.60. The van der Waals surface area contributed by atoms with E-state index in [4.69, 9.17) is 4.74 Å². The van der Waals surface area contributed by atoms with Gasteiger partial charge in [-0.15, -0.1) is 0 Å². The first-order chi connectivity index (χ1) is 12.0. The summed E-state index contributed by atoms with van der Waals surface area (Å²) in [6, 6.07) is 15.0. The molecule has 4 nitrogen and oxygen atoms in total. The molecular formula is C21H25NO3. The van der Waals surface area contributed by atoms with E-state index in [1.165, 1.54) is 12.5 Å². The van der Waals surface area contributed by atoms with Gasteiger partial charge >= 0.3 is 0 Å². The van der Waals surface area contributed by atoms with E-state index in [0.717, 1.165) is 5.69 Å². The quantitative estimate of drug-likeness (QED) is 0.554. The highest BCUT2D eigenvalue weighted by Crippen LogP contribution is 2.19. The first-order valence-electron chi connectivity index (χ1n) is 8.59. The van der Waals surface area contributed by atoms with Crippen LogP contribution in [0.2, 0.25) is 0 Å². The number of anilines is 1. The zero-order valence-electron chi connectivity index (χ0n) is 15.0. The number of ether oxygens (including phenoxy) is 1. The Kier molecular flexibility index (Phi) is 6.75. The second kappa shape index (κ2) is 9.02. The van der Waals surface area contributed by atoms with Crippen LogP contribution in [0.15, 0.2) is 48.5 Å². The molecule has 2 aromatic carbocycles. The molecule has 0 aliphatic heterocycles. The summed E-state index contributed by atoms with van der Waals surface area (Å²) in [6.45, 7) is 6.24. The third-order valence-electron chi connectivity index (χ3n) is 3.91. The summed E-state index contributed by atoms with van der Waals surface area (Å²) in [6.07, 6.45) is 1.03. The molecular weight excluding hydrogens is 314 g/mol. The standard InChI is InChI=1S/C21H25NO3/c1-15(2)18-6-4-7-19(14-18)22-21(24)8-5-13-25-20-11-9-17(10-12-20)16(3)23/h4,6-7,9-12,14-15H,5,8,13H2,1-3H3,(H,22,24). The van der Waals surface area contributed by atoms with Crippen molar-refractivity contribution in [3.63, 3.8) is 0 Å². The van der Waals surface area contributed by atoms with Crippen LogP contribution in [0.3, 0.4) is 0 Å². The van der Waals surface area contributed by atoms with Crippen molar-refractivity contribution in [2.24, 2.45) is 0 Å². The molecule has 0 aliphatic rings. The van der Waals surface area contributed by atoms with Gasteiger partial charge in [-0.25, -0.2) is 0 Å². The van der Waals surface area contributed by atoms with Crippen molar-refractivity contribution >= 4 is 17.4 Å². The number of hydrogen-bond donors (Lipinski definition) is 1. The van der Waals surface area contributed by atoms with E-state index in [2.05, 4.69) is 25.2 Å². The predicted octanol–water partition coefficient (Wildman–Crippen LogP) is 4.81. The zero-order valence-corrected chi connectivity index (χ0v) is 15.0. The number of carbonyl (C=O) groups excluding carboxylic acids is 2. The van der Waals surface area contributed by atoms with Crippen LogP contribution in [-0.2, 0) is 4.79 Å². The molecule has 0 aromatic heterocycles. The lowest BCUT2D eigenvalue weighted by Gasteiger charge is -2.10. The molecule has 132 valence electrons. The number of nitrogens with one attached hydrogen (secondary N) is 1. The maximum Gasteiger partial charge on any atom is 0.224 e. The maximum absolute atomic E-state index is 12.0. The van der Waals surface area contributed by atoms with Crippen LogP contribution in [0.4, 0.5) is 5.69 Å². The Labute approximate surface area is 149 Å². The molecule has 0 fully saturated rings. The smallest absolute Gasteiger partial charge is 0.224 e. The Hall–Kier alpha value is -2.62. The van der Waals surface area contributed by atoms with Gasteiger partial charge in [-0.2, -0.15) is 0 Å². The van der Waals surface area contributed by atoms with E-state index in [0.29, 0.717) is 36.7 Å². The van der Waals surface area contributed by atoms with Crippen LogP contribution in [0.25, 0.3) is 0 Å². The van der Waals surface area contributed by atoms with Crippen LogP contribution in [0.5, 0.6) is 5.75 Å². The first kappa shape index (κ1) is 18.7. The van der Waals surface area contributed by atoms with Crippen LogP contribution < -0.4 is 10.1 Å². The van der Waals surface area contributed by atoms with Crippen molar-refractivity contribution in [1.29, 1.82) is 0 Å². The largest absolute Gasteiger partial charge is 0.494 e. The lowest BCUT2D eigenvalue weighted by Crippen LogP contribution is -2.13. The van der Waals surface area contributed by atoms with Crippen LogP contribution in [-0.4, -0.2) is 18.3 Å². The average molecular weight is 339 g/mol. The van der Waals surface area contributed by atoms with E-state index in [9.17, 15) is 9.59 Å². The predicted molar refractivity (Wildman–Crippen MR) is 100 cm³/mol. The molecule has 2 aromatic rings. The number of carbonyl (C=O) groups is 2. The van der Waals surface area contributed by atoms with Gasteiger partial charge in [0.15, 0.2) is 5.78 Å². The van der Waals surface area contributed by atoms with Gasteiger partial charge in [0.1, 0.15) is 5.75 Å². The van der Waals surface area contributed by atoms with Crippen LogP contribution in [0, 0.1) is 0 Å². The molecule has 0 radical (unpaired) electrons. The second-order valence-corrected chi connectivity index (χ2v) is 6.36. The fourth-order valence-electron chi connectivity index (χ4n) is 2.41. The number of amides is 1. The average Bonchev–Trinajstić information content (AvgIpc) is 2.59. The number of hydrogen-bond acceptors (Lipinski definition) is 3. The molecule has 0 atom stereocenters. The van der Waals surface area contributed by atoms with E-state index in [-0.39, 0.29) is 11.7 Å². The van der Waals surface area contributed by atoms with Crippen molar-refractivity contribution in [2.45, 2.75) is 39.5 Å². The normalized spacial score (nSPS) is 10.6. The molecule has 2 rings (SSSR count). The van der Waals surface area contributed by atoms with Crippen LogP contribution in [0.1, 0.15) is 55.5 Å². The van der Waals surface area contributed by atoms with Gasteiger partial charge in [-0.05, 0) is 61.2 Å². The highest BCUT2D eigenvalue weighted by Gasteiger charge is 2.05. The number of ketones is 1. The lowest BCUT2D eigenvalue weighted by atomic mass is 10.0. The number of benzene rings is 2. The van der Waals surface area contributed by atoms with Gasteiger partial charge in [0.05, 0.1) is 6.61 Å². The summed E-state index contributed by atoms with van der Waals surface area (Å²) >= 11 is 0. The SMILES string of the molecule is CC(=O)c1ccc(OCCCC(=O)Nc2cccc(C(C)C)c2)cc1. The summed E-state index contributed by atoms with van der Waals surface area (Å²) in [5.74, 6) is 1.15. The van der Waals surface area contributed by atoms with Gasteiger partial charge in [0.25, 0.3) is 0 Å². The molecule has 0 unspecified atom stereocenters. The molecule has 0 saturated carbocycles. The van der Waals surface area contributed by atoms with Crippen molar-refractivity contribution in [3.8, 4) is 5.75 Å². The molecule has 1 amide bonds. The molecule has 0 saturated heterocycles. The van der Waals surface area contributed by atoms with Crippen molar-refractivity contribution < 1.29 is 14.3 Å². The van der Waals surface area contributed by atoms with Crippen molar-refractivity contribution in [1.82, 2.24) is 0 Å². The minimum Gasteiger partial charge on any atom is -0.494 e. The van der Waals surface area contributed by atoms with E-state index in [1.807, 2.05) is 18.2 Å². The molecule has 1 N–H and O–H groups in total. The van der Waals surface area contributed by atoms with Gasteiger partial charge in [0.2, 0.25) is 5.91 Å². The topological polar surface area (TPSA) is 55.4 Å². The third-order valence-corrected chi connectivity index (χ3v) is 3.91. The highest BCUT2D eigenvalue weighted by atomic mass is 16.5. The van der Waals surface area contributed by atoms with Gasteiger partial charge in [-0.1, -0.05) is 26.0 Å². The molecule has 0 bridgehead atoms. The maximum atomic E-state index is 12.0. The Morgan fingerprint density at radius 3 is 2.44 bits per heavy atom. The van der Waals surface area contributed by atoms with E-state index >= 15 is 0 Å². The summed E-state index contributed by atoms with van der Waals surface area (Å²) in [5.41, 5.74) is 2.70. The Balaban J connectivity index is 1.73. The van der Waals surface area contributed by atoms with Gasteiger partial charge in [-0.3, -0.25) is 9.59 Å². The molecule has 0 spiro atoms. The second-order valence-electron chi connectivity index (χ2n) is 6.36. The fraction of sp³-hybridized carbons (Fsp3) is 0.333. The summed E-state index contributed by atoms with van der Waals surface area (Å²) in [4.78, 5) is 23.2. The highest BCUT2D eigenvalue weighted by molar-refractivity contribution is 5.94. The summed E-state index contributed by atoms with van der Waals surface area (Å²) in [5, 5.41) is 2.92. The van der Waals surface area contributed by atoms with Crippen LogP contribution >= 0.6 is 0 Å². The van der Waals surface area contributed by atoms with Gasteiger partial charge < -0.3 is 10.1 Å². The molecule has 0 heterocycles. The van der Waals surface area contributed by atoms with E-state index in [1.54, 1.807) is 24.3 Å². The summed E-state index contributed by atoms with van der Waals surface area (Å²) in [7, 11) is 0. The Morgan fingerprint density at radius 2 is 1.80 bits per heavy atom. The van der Waals surface area contributed by atoms with Gasteiger partial charge in [0, 0.05) is 17.7 Å². The molecule has 0 aliphatic carbocycles. The molecule has 4 heteroatoms. The molecule has 25 heavy (non-hydrogen) atoms. The Morgan fingerprint density at radius 1 is 1.08 bits per heavy atom. The first-order valence-corrected chi connectivity index (χ1v) is 8.59. The number of rotatable bonds is 8. The fourth-order valence-corrected chi connectivity index (χ4v) is 2.41. The third kappa shape index (κ3) is 6.07. The Bertz CT molecular complexity index is 720. The minimum atomic E-state index is -0.0172. The number of Topliss-reactive ketones (excluding diaryl/α,β-unsaturated/α-hetero) is 1.